The molecule has 0 amide bonds. The van der Waals surface area contributed by atoms with Crippen molar-refractivity contribution in [3.63, 3.8) is 0 Å². The van der Waals surface area contributed by atoms with Gasteiger partial charge in [0.25, 0.3) is 0 Å². The third kappa shape index (κ3) is 9.28. The van der Waals surface area contributed by atoms with Gasteiger partial charge in [-0.15, -0.1) is 11.8 Å². The van der Waals surface area contributed by atoms with Crippen LogP contribution >= 0.6 is 11.8 Å². The van der Waals surface area contributed by atoms with Crippen LogP contribution in [0, 0.1) is 0 Å². The minimum Gasteiger partial charge on any atom is -0.468 e. The quantitative estimate of drug-likeness (QED) is 0.240. The SMILES string of the molecule is COC(=O)[C@@H]1CS[C@H]([C@@H](OC(C)=O)[C@@H](OC(C)=O)[C@H](OC(C)=O)[C@H](COC(C)=O)OC(C)=O)N1CO. The number of thioether (sulfide) groups is 1. The molecule has 1 heterocycles. The number of hydrogen-bond acceptors (Lipinski definition) is 15. The minimum absolute atomic E-state index is 0.113. The summed E-state index contributed by atoms with van der Waals surface area (Å²) in [5.74, 6) is -4.74. The Bertz CT molecular complexity index is 835. The maximum Gasteiger partial charge on any atom is 0.324 e. The third-order valence-corrected chi connectivity index (χ3v) is 6.15. The number of aliphatic hydroxyl groups excluding tert-OH is 1. The van der Waals surface area contributed by atoms with E-state index in [9.17, 15) is 33.9 Å². The summed E-state index contributed by atoms with van der Waals surface area (Å²) >= 11 is 1.08. The summed E-state index contributed by atoms with van der Waals surface area (Å²) in [6, 6.07) is -0.941. The zero-order valence-corrected chi connectivity index (χ0v) is 21.6. The van der Waals surface area contributed by atoms with Crippen molar-refractivity contribution in [3.05, 3.63) is 0 Å². The van der Waals surface area contributed by atoms with Crippen molar-refractivity contribution in [3.8, 4) is 0 Å². The summed E-state index contributed by atoms with van der Waals surface area (Å²) in [5, 5.41) is 9.00. The van der Waals surface area contributed by atoms with Crippen molar-refractivity contribution in [2.75, 3.05) is 26.2 Å². The van der Waals surface area contributed by atoms with Crippen LogP contribution < -0.4 is 0 Å². The van der Waals surface area contributed by atoms with Crippen LogP contribution in [0.5, 0.6) is 0 Å². The molecule has 1 saturated heterocycles. The van der Waals surface area contributed by atoms with Gasteiger partial charge in [0, 0.05) is 40.4 Å². The van der Waals surface area contributed by atoms with Gasteiger partial charge in [-0.1, -0.05) is 0 Å². The van der Waals surface area contributed by atoms with Crippen LogP contribution in [-0.2, 0) is 57.2 Å². The molecule has 0 unspecified atom stereocenters. The number of carbonyl (C=O) groups excluding carboxylic acids is 6. The van der Waals surface area contributed by atoms with Crippen molar-refractivity contribution < 1.29 is 62.3 Å². The third-order valence-electron chi connectivity index (χ3n) is 4.76. The van der Waals surface area contributed by atoms with E-state index in [1.54, 1.807) is 0 Å². The second-order valence-corrected chi connectivity index (χ2v) is 8.74. The summed E-state index contributed by atoms with van der Waals surface area (Å²) in [5.41, 5.74) is 0. The van der Waals surface area contributed by atoms with Gasteiger partial charge >= 0.3 is 35.8 Å². The van der Waals surface area contributed by atoms with Crippen LogP contribution in [0.3, 0.4) is 0 Å². The lowest BCUT2D eigenvalue weighted by atomic mass is 10.0. The van der Waals surface area contributed by atoms with Gasteiger partial charge in [0.05, 0.1) is 19.2 Å². The largest absolute Gasteiger partial charge is 0.468 e. The first-order chi connectivity index (χ1) is 16.8. The summed E-state index contributed by atoms with van der Waals surface area (Å²) in [6.45, 7) is 4.02. The van der Waals surface area contributed by atoms with Gasteiger partial charge in [-0.3, -0.25) is 33.7 Å². The Morgan fingerprint density at radius 2 is 1.36 bits per heavy atom. The zero-order valence-electron chi connectivity index (χ0n) is 20.8. The predicted molar refractivity (Wildman–Crippen MR) is 120 cm³/mol. The Hall–Kier alpha value is -2.91. The van der Waals surface area contributed by atoms with E-state index in [0.717, 1.165) is 53.5 Å². The summed E-state index contributed by atoms with van der Waals surface area (Å²) < 4.78 is 31.1. The Morgan fingerprint density at radius 3 is 1.81 bits per heavy atom. The maximum absolute atomic E-state index is 12.2. The van der Waals surface area contributed by atoms with E-state index in [4.69, 9.17) is 28.4 Å². The molecule has 1 fully saturated rings. The lowest BCUT2D eigenvalue weighted by Crippen LogP contribution is -2.58. The highest BCUT2D eigenvalue weighted by Crippen LogP contribution is 2.36. The lowest BCUT2D eigenvalue weighted by Gasteiger charge is -2.39. The van der Waals surface area contributed by atoms with Gasteiger partial charge < -0.3 is 33.5 Å². The first-order valence-electron chi connectivity index (χ1n) is 10.7. The summed E-state index contributed by atoms with van der Waals surface area (Å²) in [4.78, 5) is 72.8. The highest BCUT2D eigenvalue weighted by atomic mass is 32.2. The molecule has 0 saturated carbocycles. The van der Waals surface area contributed by atoms with Crippen molar-refractivity contribution in [2.24, 2.45) is 0 Å². The molecule has 0 aromatic carbocycles. The van der Waals surface area contributed by atoms with E-state index in [1.807, 2.05) is 0 Å². The molecule has 15 heteroatoms. The molecule has 1 aliphatic rings. The summed E-state index contributed by atoms with van der Waals surface area (Å²) in [6.07, 6.45) is -6.20. The van der Waals surface area contributed by atoms with E-state index < -0.39 is 85.0 Å². The Kier molecular flexibility index (Phi) is 12.6. The molecule has 1 rings (SSSR count). The van der Waals surface area contributed by atoms with Gasteiger partial charge in [-0.25, -0.2) is 0 Å². The highest BCUT2D eigenvalue weighted by Gasteiger charge is 2.52. The maximum atomic E-state index is 12.2. The number of nitrogens with zero attached hydrogens (tertiary/aromatic N) is 1. The topological polar surface area (TPSA) is 181 Å². The molecule has 6 atom stereocenters. The van der Waals surface area contributed by atoms with Gasteiger partial charge in [0.2, 0.25) is 0 Å². The average molecular weight is 538 g/mol. The van der Waals surface area contributed by atoms with Gasteiger partial charge in [-0.2, -0.15) is 0 Å². The number of carbonyl (C=O) groups is 6. The molecule has 0 aliphatic carbocycles. The molecular formula is C21H31NO13S. The molecule has 0 radical (unpaired) electrons. The van der Waals surface area contributed by atoms with E-state index in [0.29, 0.717) is 0 Å². The van der Waals surface area contributed by atoms with Gasteiger partial charge in [0.15, 0.2) is 24.4 Å². The molecule has 204 valence electrons. The van der Waals surface area contributed by atoms with E-state index in [1.165, 1.54) is 4.90 Å². The van der Waals surface area contributed by atoms with Crippen LogP contribution in [0.25, 0.3) is 0 Å². The molecule has 1 aliphatic heterocycles. The predicted octanol–water partition coefficient (Wildman–Crippen LogP) is -0.857. The van der Waals surface area contributed by atoms with Crippen LogP contribution in [0.2, 0.25) is 0 Å². The fourth-order valence-electron chi connectivity index (χ4n) is 3.51. The van der Waals surface area contributed by atoms with Gasteiger partial charge in [0.1, 0.15) is 12.6 Å². The van der Waals surface area contributed by atoms with Crippen LogP contribution in [0.15, 0.2) is 0 Å². The summed E-state index contributed by atoms with van der Waals surface area (Å²) in [7, 11) is 1.16. The fraction of sp³-hybridized carbons (Fsp3) is 0.714. The monoisotopic (exact) mass is 537 g/mol. The molecule has 36 heavy (non-hydrogen) atoms. The first kappa shape index (κ1) is 31.1. The smallest absolute Gasteiger partial charge is 0.324 e. The zero-order chi connectivity index (χ0) is 27.6. The van der Waals surface area contributed by atoms with Gasteiger partial charge in [-0.05, 0) is 0 Å². The molecule has 0 bridgehead atoms. The van der Waals surface area contributed by atoms with Crippen molar-refractivity contribution in [1.82, 2.24) is 4.90 Å². The second-order valence-electron chi connectivity index (χ2n) is 7.59. The van der Waals surface area contributed by atoms with E-state index in [-0.39, 0.29) is 5.75 Å². The molecule has 0 aromatic heterocycles. The fourth-order valence-corrected chi connectivity index (χ4v) is 5.02. The number of aliphatic hydroxyl groups is 1. The Labute approximate surface area is 211 Å². The second kappa shape index (κ2) is 14.6. The number of esters is 6. The van der Waals surface area contributed by atoms with Crippen molar-refractivity contribution >= 4 is 47.6 Å². The molecule has 0 spiro atoms. The number of rotatable bonds is 12. The lowest BCUT2D eigenvalue weighted by molar-refractivity contribution is -0.205. The Morgan fingerprint density at radius 1 is 0.833 bits per heavy atom. The average Bonchev–Trinajstić information content (AvgIpc) is 3.20. The molecule has 14 nitrogen and oxygen atoms in total. The van der Waals surface area contributed by atoms with E-state index in [2.05, 4.69) is 0 Å². The number of hydrogen-bond donors (Lipinski definition) is 1. The van der Waals surface area contributed by atoms with Crippen molar-refractivity contribution in [1.29, 1.82) is 0 Å². The van der Waals surface area contributed by atoms with Crippen molar-refractivity contribution in [2.45, 2.75) is 70.5 Å². The first-order valence-corrected chi connectivity index (χ1v) is 11.7. The highest BCUT2D eigenvalue weighted by molar-refractivity contribution is 8.00. The standard InChI is InChI=1S/C21H31NO13S/c1-10(24)31-7-16(32-11(2)25)17(33-12(3)26)18(34-13(4)27)19(35-14(5)28)20-22(9-23)15(8-36-20)21(29)30-6/h15-20,23H,7-9H2,1-6H3/t15-,16-,17+,18-,19-,20+/m0/s1. The number of methoxy groups -OCH3 is 1. The normalized spacial score (nSPS) is 20.8. The minimum atomic E-state index is -1.63. The van der Waals surface area contributed by atoms with Crippen LogP contribution in [0.1, 0.15) is 34.6 Å². The molecule has 0 aromatic rings. The van der Waals surface area contributed by atoms with Crippen LogP contribution in [-0.4, -0.2) is 108 Å². The molecular weight excluding hydrogens is 506 g/mol. The number of ether oxygens (including phenoxy) is 6. The van der Waals surface area contributed by atoms with Crippen LogP contribution in [0.4, 0.5) is 0 Å². The van der Waals surface area contributed by atoms with E-state index >= 15 is 0 Å². The molecule has 1 N–H and O–H groups in total. The Balaban J connectivity index is 3.62.